The molecule has 6 heteroatoms. The monoisotopic (exact) mass is 216 g/mol. The molecule has 6 N–H and O–H groups in total. The largest absolute Gasteiger partial charge is 0.361 e. The van der Waals surface area contributed by atoms with Crippen LogP contribution in [0.3, 0.4) is 0 Å². The van der Waals surface area contributed by atoms with Crippen molar-refractivity contribution in [1.82, 2.24) is 10.6 Å². The minimum atomic E-state index is -0.934. The van der Waals surface area contributed by atoms with Crippen LogP contribution in [-0.4, -0.2) is 38.0 Å². The van der Waals surface area contributed by atoms with Crippen molar-refractivity contribution in [3.05, 3.63) is 0 Å². The smallest absolute Gasteiger partial charge is 0.309 e. The lowest BCUT2D eigenvalue weighted by atomic mass is 10.3. The number of nitrogens with two attached hydrogens (primary N) is 2. The van der Waals surface area contributed by atoms with E-state index in [9.17, 15) is 9.59 Å². The van der Waals surface area contributed by atoms with E-state index in [2.05, 4.69) is 10.6 Å². The Kier molecular flexibility index (Phi) is 8.70. The Morgan fingerprint density at radius 2 is 1.60 bits per heavy atom. The van der Waals surface area contributed by atoms with Crippen LogP contribution in [-0.2, 0) is 9.59 Å². The van der Waals surface area contributed by atoms with Crippen LogP contribution in [0.25, 0.3) is 0 Å². The molecule has 0 radical (unpaired) electrons. The molecule has 0 aromatic rings. The van der Waals surface area contributed by atoms with E-state index in [0.29, 0.717) is 13.1 Å². The Morgan fingerprint density at radius 3 is 2.20 bits per heavy atom. The molecule has 88 valence electrons. The number of hydrogen-bond donors (Lipinski definition) is 4. The lowest BCUT2D eigenvalue weighted by Crippen LogP contribution is -2.36. The molecule has 0 rings (SSSR count). The van der Waals surface area contributed by atoms with Crippen molar-refractivity contribution in [3.8, 4) is 0 Å². The first kappa shape index (κ1) is 13.9. The van der Waals surface area contributed by atoms with Gasteiger partial charge in [0.25, 0.3) is 0 Å². The molecular weight excluding hydrogens is 196 g/mol. The number of rotatable bonds is 8. The molecule has 2 amide bonds. The van der Waals surface area contributed by atoms with E-state index >= 15 is 0 Å². The summed E-state index contributed by atoms with van der Waals surface area (Å²) in [6.45, 7) is 3.00. The highest BCUT2D eigenvalue weighted by Crippen LogP contribution is 1.84. The highest BCUT2D eigenvalue weighted by atomic mass is 16.2. The van der Waals surface area contributed by atoms with Gasteiger partial charge in [-0.25, -0.2) is 0 Å². The highest BCUT2D eigenvalue weighted by molar-refractivity contribution is 6.34. The molecule has 0 saturated carbocycles. The zero-order valence-electron chi connectivity index (χ0n) is 8.92. The van der Waals surface area contributed by atoms with Crippen molar-refractivity contribution in [2.75, 3.05) is 26.2 Å². The fourth-order valence-electron chi connectivity index (χ4n) is 1.02. The number of carbonyl (C=O) groups excluding carboxylic acids is 2. The highest BCUT2D eigenvalue weighted by Gasteiger charge is 2.05. The molecule has 0 atom stereocenters. The molecule has 0 fully saturated rings. The molecule has 6 nitrogen and oxygen atoms in total. The lowest BCUT2D eigenvalue weighted by molar-refractivity contribution is -0.137. The Hall–Kier alpha value is -1.14. The number of unbranched alkanes of at least 4 members (excludes halogenated alkanes) is 1. The van der Waals surface area contributed by atoms with E-state index in [-0.39, 0.29) is 0 Å². The van der Waals surface area contributed by atoms with Crippen LogP contribution in [0.15, 0.2) is 0 Å². The van der Waals surface area contributed by atoms with Gasteiger partial charge in [-0.05, 0) is 38.9 Å². The second-order valence-electron chi connectivity index (χ2n) is 3.22. The zero-order valence-corrected chi connectivity index (χ0v) is 8.92. The van der Waals surface area contributed by atoms with Gasteiger partial charge in [0.1, 0.15) is 0 Å². The van der Waals surface area contributed by atoms with Gasteiger partial charge in [-0.2, -0.15) is 0 Å². The first-order valence-electron chi connectivity index (χ1n) is 5.17. The number of hydrogen-bond acceptors (Lipinski definition) is 4. The van der Waals surface area contributed by atoms with Crippen LogP contribution < -0.4 is 22.1 Å². The summed E-state index contributed by atoms with van der Waals surface area (Å²) in [6, 6.07) is 0. The van der Waals surface area contributed by atoms with Crippen molar-refractivity contribution in [1.29, 1.82) is 0 Å². The molecule has 0 aromatic carbocycles. The molecule has 0 unspecified atom stereocenters. The summed E-state index contributed by atoms with van der Waals surface area (Å²) in [6.07, 6.45) is 2.75. The van der Waals surface area contributed by atoms with Crippen LogP contribution in [0, 0.1) is 0 Å². The molecule has 15 heavy (non-hydrogen) atoms. The van der Waals surface area contributed by atoms with Gasteiger partial charge in [0.15, 0.2) is 0 Å². The second kappa shape index (κ2) is 9.42. The van der Waals surface area contributed by atoms with Crippen LogP contribution in [0.5, 0.6) is 0 Å². The minimum Gasteiger partial charge on any atom is -0.361 e. The Labute approximate surface area is 89.8 Å². The van der Waals surface area contributed by atoms with Crippen LogP contribution in [0.1, 0.15) is 19.3 Å². The fraction of sp³-hybridized carbons (Fsp3) is 0.778. The van der Waals surface area contributed by atoms with E-state index in [4.69, 9.17) is 11.5 Å². The molecule has 0 saturated heterocycles. The summed E-state index contributed by atoms with van der Waals surface area (Å²) in [4.78, 5) is 21.0. The zero-order chi connectivity index (χ0) is 11.5. The maximum Gasteiger partial charge on any atom is 0.309 e. The van der Waals surface area contributed by atoms with Crippen molar-refractivity contribution >= 4 is 11.8 Å². The topological polar surface area (TPSA) is 110 Å². The average molecular weight is 216 g/mol. The van der Waals surface area contributed by atoms with Gasteiger partial charge in [0.2, 0.25) is 0 Å². The normalized spacial score (nSPS) is 9.93. The maximum absolute atomic E-state index is 10.7. The molecule has 0 spiro atoms. The van der Waals surface area contributed by atoms with Crippen LogP contribution in [0.2, 0.25) is 0 Å². The van der Waals surface area contributed by atoms with Gasteiger partial charge in [0, 0.05) is 6.54 Å². The summed E-state index contributed by atoms with van der Waals surface area (Å²) in [5.74, 6) is -1.65. The number of nitrogens with one attached hydrogen (secondary N) is 2. The standard InChI is InChI=1S/C9H20N4O2/c10-4-3-6-12-5-1-2-7-13-9(15)8(11)14/h12H,1-7,10H2,(H2,11,14)(H,13,15). The first-order chi connectivity index (χ1) is 7.18. The predicted octanol–water partition coefficient (Wildman–Crippen LogP) is -1.69. The average Bonchev–Trinajstić information content (AvgIpc) is 2.21. The number of carbonyl (C=O) groups is 2. The third kappa shape index (κ3) is 9.17. The summed E-state index contributed by atoms with van der Waals surface area (Å²) in [5.41, 5.74) is 10.1. The second-order valence-corrected chi connectivity index (χ2v) is 3.22. The number of amides is 2. The minimum absolute atomic E-state index is 0.486. The van der Waals surface area contributed by atoms with Gasteiger partial charge in [0.05, 0.1) is 0 Å². The third-order valence-corrected chi connectivity index (χ3v) is 1.85. The molecule has 0 aliphatic heterocycles. The van der Waals surface area contributed by atoms with Crippen molar-refractivity contribution in [2.45, 2.75) is 19.3 Å². The molecule has 0 bridgehead atoms. The Morgan fingerprint density at radius 1 is 1.00 bits per heavy atom. The van der Waals surface area contributed by atoms with E-state index in [1.165, 1.54) is 0 Å². The van der Waals surface area contributed by atoms with Gasteiger partial charge in [-0.1, -0.05) is 0 Å². The summed E-state index contributed by atoms with van der Waals surface area (Å²) >= 11 is 0. The molecule has 0 heterocycles. The molecule has 0 aromatic heterocycles. The van der Waals surface area contributed by atoms with E-state index in [1.807, 2.05) is 0 Å². The third-order valence-electron chi connectivity index (χ3n) is 1.85. The Bertz CT molecular complexity index is 197. The summed E-state index contributed by atoms with van der Waals surface area (Å²) < 4.78 is 0. The predicted molar refractivity (Wildman–Crippen MR) is 58.0 cm³/mol. The van der Waals surface area contributed by atoms with Gasteiger partial charge < -0.3 is 22.1 Å². The van der Waals surface area contributed by atoms with Crippen LogP contribution >= 0.6 is 0 Å². The fourth-order valence-corrected chi connectivity index (χ4v) is 1.02. The van der Waals surface area contributed by atoms with Crippen LogP contribution in [0.4, 0.5) is 0 Å². The van der Waals surface area contributed by atoms with Gasteiger partial charge >= 0.3 is 11.8 Å². The Balaban J connectivity index is 3.11. The van der Waals surface area contributed by atoms with E-state index in [1.54, 1.807) is 0 Å². The van der Waals surface area contributed by atoms with E-state index in [0.717, 1.165) is 32.4 Å². The molecular formula is C9H20N4O2. The maximum atomic E-state index is 10.7. The quantitative estimate of drug-likeness (QED) is 0.286. The molecule has 0 aliphatic rings. The first-order valence-corrected chi connectivity index (χ1v) is 5.17. The van der Waals surface area contributed by atoms with Crippen molar-refractivity contribution in [2.24, 2.45) is 11.5 Å². The van der Waals surface area contributed by atoms with Gasteiger partial charge in [-0.15, -0.1) is 0 Å². The lowest BCUT2D eigenvalue weighted by Gasteiger charge is -2.04. The van der Waals surface area contributed by atoms with Crippen molar-refractivity contribution < 1.29 is 9.59 Å². The van der Waals surface area contributed by atoms with E-state index < -0.39 is 11.8 Å². The van der Waals surface area contributed by atoms with Crippen molar-refractivity contribution in [3.63, 3.8) is 0 Å². The summed E-state index contributed by atoms with van der Waals surface area (Å²) in [7, 11) is 0. The summed E-state index contributed by atoms with van der Waals surface area (Å²) in [5, 5.41) is 5.64. The molecule has 0 aliphatic carbocycles. The van der Waals surface area contributed by atoms with Gasteiger partial charge in [-0.3, -0.25) is 9.59 Å². The SMILES string of the molecule is NCCCNCCCCNC(=O)C(N)=O. The number of primary amides is 1.